The summed E-state index contributed by atoms with van der Waals surface area (Å²) in [5.74, 6) is 0.621. The number of imidazole rings is 1. The standard InChI is InChI=1S/C17H16BN5O/c1-22-9-19-14-15(22)12-7-13(11-5-3-4-10(6-11)8-24)20-16(12)21-17(14)23(2)18/h3-7,9,24H,8H2,1-2H3,(H,20,21). The van der Waals surface area contributed by atoms with Gasteiger partial charge in [-0.3, -0.25) is 0 Å². The molecule has 3 heterocycles. The zero-order chi connectivity index (χ0) is 16.8. The monoisotopic (exact) mass is 317 g/mol. The summed E-state index contributed by atoms with van der Waals surface area (Å²) in [6, 6.07) is 9.84. The van der Waals surface area contributed by atoms with Crippen molar-refractivity contribution in [2.75, 3.05) is 11.9 Å². The van der Waals surface area contributed by atoms with Crippen LogP contribution in [0.5, 0.6) is 0 Å². The van der Waals surface area contributed by atoms with Crippen molar-refractivity contribution >= 4 is 35.9 Å². The average Bonchev–Trinajstić information content (AvgIpc) is 3.17. The normalized spacial score (nSPS) is 11.5. The van der Waals surface area contributed by atoms with Crippen molar-refractivity contribution in [3.8, 4) is 11.3 Å². The molecule has 7 heteroatoms. The fraction of sp³-hybridized carbons (Fsp3) is 0.176. The molecule has 118 valence electrons. The van der Waals surface area contributed by atoms with Crippen molar-refractivity contribution in [1.82, 2.24) is 19.5 Å². The third kappa shape index (κ3) is 2.17. The number of nitrogens with one attached hydrogen (secondary N) is 1. The Labute approximate surface area is 140 Å². The van der Waals surface area contributed by atoms with Crippen LogP contribution in [0.4, 0.5) is 5.82 Å². The van der Waals surface area contributed by atoms with E-state index >= 15 is 0 Å². The molecule has 0 fully saturated rings. The second-order valence-electron chi connectivity index (χ2n) is 5.90. The van der Waals surface area contributed by atoms with Crippen LogP contribution in [0.1, 0.15) is 5.56 Å². The summed E-state index contributed by atoms with van der Waals surface area (Å²) in [5.41, 5.74) is 5.30. The number of H-pyrrole nitrogens is 1. The molecule has 0 aliphatic carbocycles. The highest BCUT2D eigenvalue weighted by molar-refractivity contribution is 6.20. The maximum atomic E-state index is 9.34. The lowest BCUT2D eigenvalue weighted by molar-refractivity contribution is 0.282. The lowest BCUT2D eigenvalue weighted by Crippen LogP contribution is -2.13. The number of hydrogen-bond acceptors (Lipinski definition) is 4. The van der Waals surface area contributed by atoms with E-state index in [1.807, 2.05) is 35.9 Å². The smallest absolute Gasteiger partial charge is 0.228 e. The quantitative estimate of drug-likeness (QED) is 0.568. The molecule has 0 unspecified atom stereocenters. The highest BCUT2D eigenvalue weighted by Crippen LogP contribution is 2.32. The van der Waals surface area contributed by atoms with Gasteiger partial charge in [-0.25, -0.2) is 9.97 Å². The number of benzene rings is 1. The lowest BCUT2D eigenvalue weighted by Gasteiger charge is -2.12. The molecular formula is C17H16BN5O. The molecule has 0 spiro atoms. The SMILES string of the molecule is [B]N(C)c1nc2[nH]c(-c3cccc(CO)c3)cc2c2c1ncn2C. The van der Waals surface area contributed by atoms with Crippen LogP contribution >= 0.6 is 0 Å². The number of fused-ring (bicyclic) bond motifs is 3. The van der Waals surface area contributed by atoms with Crippen molar-refractivity contribution in [2.24, 2.45) is 7.05 Å². The third-order valence-electron chi connectivity index (χ3n) is 4.17. The molecular weight excluding hydrogens is 301 g/mol. The van der Waals surface area contributed by atoms with Gasteiger partial charge in [-0.15, -0.1) is 0 Å². The number of hydrogen-bond donors (Lipinski definition) is 2. The van der Waals surface area contributed by atoms with Gasteiger partial charge in [0.05, 0.1) is 18.5 Å². The minimum absolute atomic E-state index is 0.0143. The molecule has 4 aromatic rings. The molecule has 0 aliphatic rings. The largest absolute Gasteiger partial charge is 0.411 e. The van der Waals surface area contributed by atoms with Crippen molar-refractivity contribution in [3.05, 3.63) is 42.2 Å². The van der Waals surface area contributed by atoms with E-state index in [1.54, 1.807) is 13.4 Å². The number of rotatable bonds is 3. The first kappa shape index (κ1) is 14.8. The predicted molar refractivity (Wildman–Crippen MR) is 95.9 cm³/mol. The predicted octanol–water partition coefficient (Wildman–Crippen LogP) is 2.13. The number of aromatic amines is 1. The molecule has 0 aliphatic heterocycles. The number of aryl methyl sites for hydroxylation is 1. The first-order valence-electron chi connectivity index (χ1n) is 7.61. The number of pyridine rings is 1. The Bertz CT molecular complexity index is 1050. The number of aliphatic hydroxyl groups is 1. The van der Waals surface area contributed by atoms with E-state index < -0.39 is 0 Å². The molecule has 2 N–H and O–H groups in total. The van der Waals surface area contributed by atoms with E-state index in [0.29, 0.717) is 5.82 Å². The molecule has 6 nitrogen and oxygen atoms in total. The van der Waals surface area contributed by atoms with E-state index in [0.717, 1.165) is 38.9 Å². The fourth-order valence-electron chi connectivity index (χ4n) is 3.02. The van der Waals surface area contributed by atoms with E-state index in [1.165, 1.54) is 4.81 Å². The van der Waals surface area contributed by atoms with E-state index in [-0.39, 0.29) is 6.61 Å². The molecule has 0 bridgehead atoms. The van der Waals surface area contributed by atoms with Gasteiger partial charge in [-0.1, -0.05) is 18.2 Å². The Morgan fingerprint density at radius 1 is 1.33 bits per heavy atom. The summed E-state index contributed by atoms with van der Waals surface area (Å²) in [6.45, 7) is 0.0143. The number of aliphatic hydroxyl groups excluding tert-OH is 1. The van der Waals surface area contributed by atoms with Crippen LogP contribution < -0.4 is 4.81 Å². The second-order valence-corrected chi connectivity index (χ2v) is 5.90. The summed E-state index contributed by atoms with van der Waals surface area (Å²) < 4.78 is 1.97. The van der Waals surface area contributed by atoms with Gasteiger partial charge in [0.1, 0.15) is 17.0 Å². The lowest BCUT2D eigenvalue weighted by atomic mass is 10.1. The Morgan fingerprint density at radius 2 is 2.17 bits per heavy atom. The molecule has 2 radical (unpaired) electrons. The molecule has 24 heavy (non-hydrogen) atoms. The van der Waals surface area contributed by atoms with Crippen LogP contribution in [0.2, 0.25) is 0 Å². The summed E-state index contributed by atoms with van der Waals surface area (Å²) in [7, 11) is 9.62. The summed E-state index contributed by atoms with van der Waals surface area (Å²) in [4.78, 5) is 13.9. The van der Waals surface area contributed by atoms with Gasteiger partial charge in [0.25, 0.3) is 0 Å². The Morgan fingerprint density at radius 3 is 2.92 bits per heavy atom. The molecule has 0 amide bonds. The van der Waals surface area contributed by atoms with Gasteiger partial charge >= 0.3 is 0 Å². The number of nitrogens with zero attached hydrogens (tertiary/aromatic N) is 4. The minimum atomic E-state index is 0.0143. The van der Waals surface area contributed by atoms with Crippen molar-refractivity contribution < 1.29 is 5.11 Å². The topological polar surface area (TPSA) is 70.0 Å². The van der Waals surface area contributed by atoms with Crippen LogP contribution in [0.25, 0.3) is 33.3 Å². The highest BCUT2D eigenvalue weighted by atomic mass is 16.3. The Balaban J connectivity index is 2.01. The first-order valence-corrected chi connectivity index (χ1v) is 7.61. The van der Waals surface area contributed by atoms with Gasteiger partial charge in [-0.05, 0) is 30.3 Å². The van der Waals surface area contributed by atoms with E-state index in [4.69, 9.17) is 7.98 Å². The molecule has 0 saturated heterocycles. The van der Waals surface area contributed by atoms with E-state index in [2.05, 4.69) is 21.0 Å². The average molecular weight is 317 g/mol. The zero-order valence-corrected chi connectivity index (χ0v) is 13.5. The molecule has 4 rings (SSSR count). The Hall–Kier alpha value is -2.80. The molecule has 0 atom stereocenters. The van der Waals surface area contributed by atoms with Gasteiger partial charge in [-0.2, -0.15) is 0 Å². The van der Waals surface area contributed by atoms with Gasteiger partial charge in [0.15, 0.2) is 0 Å². The first-order chi connectivity index (χ1) is 11.6. The maximum Gasteiger partial charge on any atom is 0.228 e. The highest BCUT2D eigenvalue weighted by Gasteiger charge is 2.16. The number of anilines is 1. The maximum absolute atomic E-state index is 9.34. The van der Waals surface area contributed by atoms with Crippen LogP contribution in [-0.2, 0) is 13.7 Å². The van der Waals surface area contributed by atoms with Gasteiger partial charge in [0.2, 0.25) is 7.98 Å². The molecule has 0 saturated carbocycles. The second kappa shape index (κ2) is 5.38. The van der Waals surface area contributed by atoms with Crippen molar-refractivity contribution in [2.45, 2.75) is 6.61 Å². The van der Waals surface area contributed by atoms with Gasteiger partial charge in [0, 0.05) is 18.1 Å². The minimum Gasteiger partial charge on any atom is -0.411 e. The van der Waals surface area contributed by atoms with Crippen LogP contribution in [0, 0.1) is 0 Å². The van der Waals surface area contributed by atoms with Crippen molar-refractivity contribution in [3.63, 3.8) is 0 Å². The summed E-state index contributed by atoms with van der Waals surface area (Å²) >= 11 is 0. The van der Waals surface area contributed by atoms with Crippen LogP contribution in [-0.4, -0.2) is 39.7 Å². The van der Waals surface area contributed by atoms with Gasteiger partial charge < -0.3 is 19.5 Å². The molecule has 3 aromatic heterocycles. The van der Waals surface area contributed by atoms with Crippen molar-refractivity contribution in [1.29, 1.82) is 0 Å². The molecule has 1 aromatic carbocycles. The Kier molecular flexibility index (Phi) is 3.31. The number of aromatic nitrogens is 4. The third-order valence-corrected chi connectivity index (χ3v) is 4.17. The fourth-order valence-corrected chi connectivity index (χ4v) is 3.02. The summed E-state index contributed by atoms with van der Waals surface area (Å²) in [5, 5.41) is 10.3. The van der Waals surface area contributed by atoms with Crippen LogP contribution in [0.3, 0.4) is 0 Å². The van der Waals surface area contributed by atoms with Crippen LogP contribution in [0.15, 0.2) is 36.7 Å². The zero-order valence-electron chi connectivity index (χ0n) is 13.5. The van der Waals surface area contributed by atoms with E-state index in [9.17, 15) is 5.11 Å². The summed E-state index contributed by atoms with van der Waals surface area (Å²) in [6.07, 6.45) is 1.76.